The molecule has 2 aliphatic rings. The molecule has 1 saturated carbocycles. The second-order valence-corrected chi connectivity index (χ2v) is 10.3. The average molecular weight is 513 g/mol. The number of aryl methyl sites for hydroxylation is 2. The monoisotopic (exact) mass is 512 g/mol. The predicted molar refractivity (Wildman–Crippen MR) is 133 cm³/mol. The molecule has 0 spiro atoms. The van der Waals surface area contributed by atoms with Crippen LogP contribution in [0.3, 0.4) is 0 Å². The van der Waals surface area contributed by atoms with Gasteiger partial charge in [-0.1, -0.05) is 11.2 Å². The largest absolute Gasteiger partial charge is 0.361 e. The number of anilines is 1. The first-order valence-corrected chi connectivity index (χ1v) is 12.8. The lowest BCUT2D eigenvalue weighted by atomic mass is 9.91. The molecular formula is C28H28F4N4O. The third-order valence-electron chi connectivity index (χ3n) is 7.88. The summed E-state index contributed by atoms with van der Waals surface area (Å²) in [5, 5.41) is 4.07. The Hall–Kier alpha value is -3.36. The first-order valence-electron chi connectivity index (χ1n) is 12.8. The van der Waals surface area contributed by atoms with E-state index in [4.69, 9.17) is 9.51 Å². The fourth-order valence-corrected chi connectivity index (χ4v) is 6.08. The van der Waals surface area contributed by atoms with E-state index in [1.165, 1.54) is 6.07 Å². The van der Waals surface area contributed by atoms with E-state index in [0.29, 0.717) is 30.8 Å². The van der Waals surface area contributed by atoms with Gasteiger partial charge in [0.2, 0.25) is 5.92 Å². The van der Waals surface area contributed by atoms with E-state index in [-0.39, 0.29) is 24.9 Å². The van der Waals surface area contributed by atoms with Crippen molar-refractivity contribution in [1.29, 1.82) is 0 Å². The first kappa shape index (κ1) is 24.0. The summed E-state index contributed by atoms with van der Waals surface area (Å²) in [6.45, 7) is 4.43. The normalized spacial score (nSPS) is 20.3. The van der Waals surface area contributed by atoms with Gasteiger partial charge in [0.25, 0.3) is 0 Å². The third-order valence-corrected chi connectivity index (χ3v) is 7.88. The van der Waals surface area contributed by atoms with E-state index >= 15 is 0 Å². The molecule has 2 aromatic heterocycles. The zero-order valence-corrected chi connectivity index (χ0v) is 20.8. The number of hydrogen-bond acceptors (Lipinski definition) is 4. The van der Waals surface area contributed by atoms with Crippen molar-refractivity contribution in [2.24, 2.45) is 0 Å². The number of alkyl halides is 2. The molecule has 0 radical (unpaired) electrons. The maximum absolute atomic E-state index is 14.1. The maximum Gasteiger partial charge on any atom is 0.248 e. The molecule has 6 rings (SSSR count). The standard InChI is InChI=1S/C28H28F4N4O/c1-16-26(17(2)37-34-16)18-5-8-24-23(14-18)33-27(36(24)19-9-11-28(31,32)12-10-19)25-4-3-13-35(25)20-6-7-21(29)22(30)15-20/h5-8,14-15,19,25H,3-4,9-13H2,1-2H3/t25-/m0/s1. The van der Waals surface area contributed by atoms with E-state index in [1.54, 1.807) is 6.07 Å². The Balaban J connectivity index is 1.47. The molecule has 0 unspecified atom stereocenters. The van der Waals surface area contributed by atoms with Crippen molar-refractivity contribution < 1.29 is 22.1 Å². The number of benzene rings is 2. The molecule has 194 valence electrons. The lowest BCUT2D eigenvalue weighted by molar-refractivity contribution is -0.0439. The zero-order chi connectivity index (χ0) is 25.9. The van der Waals surface area contributed by atoms with Crippen LogP contribution < -0.4 is 4.90 Å². The number of rotatable bonds is 4. The van der Waals surface area contributed by atoms with Gasteiger partial charge in [0.1, 0.15) is 11.6 Å². The first-order chi connectivity index (χ1) is 17.7. The number of fused-ring (bicyclic) bond motifs is 1. The van der Waals surface area contributed by atoms with Crippen LogP contribution in [0, 0.1) is 25.5 Å². The van der Waals surface area contributed by atoms with Crippen LogP contribution in [-0.2, 0) is 0 Å². The molecule has 4 aromatic rings. The van der Waals surface area contributed by atoms with Crippen LogP contribution in [0.2, 0.25) is 0 Å². The van der Waals surface area contributed by atoms with E-state index in [9.17, 15) is 17.6 Å². The molecule has 0 bridgehead atoms. The van der Waals surface area contributed by atoms with Crippen LogP contribution in [0.5, 0.6) is 0 Å². The molecule has 37 heavy (non-hydrogen) atoms. The van der Waals surface area contributed by atoms with Crippen molar-refractivity contribution in [2.45, 2.75) is 70.4 Å². The summed E-state index contributed by atoms with van der Waals surface area (Å²) in [7, 11) is 0. The van der Waals surface area contributed by atoms with E-state index in [0.717, 1.165) is 52.6 Å². The Labute approximate surface area is 212 Å². The van der Waals surface area contributed by atoms with E-state index in [1.807, 2.05) is 36.9 Å². The molecule has 1 aliphatic carbocycles. The molecule has 2 fully saturated rings. The Bertz CT molecular complexity index is 1450. The second kappa shape index (κ2) is 8.89. The molecule has 2 aromatic carbocycles. The number of imidazole rings is 1. The summed E-state index contributed by atoms with van der Waals surface area (Å²) in [4.78, 5) is 7.12. The van der Waals surface area contributed by atoms with Crippen molar-refractivity contribution in [2.75, 3.05) is 11.4 Å². The Kier molecular flexibility index (Phi) is 5.76. The van der Waals surface area contributed by atoms with Gasteiger partial charge >= 0.3 is 0 Å². The van der Waals surface area contributed by atoms with Gasteiger partial charge in [-0.25, -0.2) is 22.5 Å². The highest BCUT2D eigenvalue weighted by Crippen LogP contribution is 2.44. The lowest BCUT2D eigenvalue weighted by Gasteiger charge is -2.33. The lowest BCUT2D eigenvalue weighted by Crippen LogP contribution is -2.30. The minimum Gasteiger partial charge on any atom is -0.361 e. The zero-order valence-electron chi connectivity index (χ0n) is 20.8. The predicted octanol–water partition coefficient (Wildman–Crippen LogP) is 7.68. The maximum atomic E-state index is 14.1. The van der Waals surface area contributed by atoms with E-state index < -0.39 is 17.6 Å². The summed E-state index contributed by atoms with van der Waals surface area (Å²) in [6.07, 6.45) is 2.03. The highest BCUT2D eigenvalue weighted by Gasteiger charge is 2.39. The minimum absolute atomic E-state index is 0.114. The van der Waals surface area contributed by atoms with Crippen molar-refractivity contribution in [3.05, 3.63) is 65.3 Å². The third kappa shape index (κ3) is 4.18. The highest BCUT2D eigenvalue weighted by atomic mass is 19.3. The topological polar surface area (TPSA) is 47.1 Å². The Morgan fingerprint density at radius 2 is 1.76 bits per heavy atom. The number of aromatic nitrogens is 3. The van der Waals surface area contributed by atoms with Crippen LogP contribution in [0.1, 0.15) is 67.9 Å². The summed E-state index contributed by atoms with van der Waals surface area (Å²) in [5.41, 5.74) is 4.87. The van der Waals surface area contributed by atoms with Gasteiger partial charge in [-0.05, 0) is 69.4 Å². The van der Waals surface area contributed by atoms with Gasteiger partial charge in [0.15, 0.2) is 11.6 Å². The quantitative estimate of drug-likeness (QED) is 0.263. The van der Waals surface area contributed by atoms with Crippen LogP contribution in [0.4, 0.5) is 23.2 Å². The second-order valence-electron chi connectivity index (χ2n) is 10.3. The van der Waals surface area contributed by atoms with Crippen LogP contribution in [0.25, 0.3) is 22.2 Å². The van der Waals surface area contributed by atoms with Crippen LogP contribution in [-0.4, -0.2) is 27.2 Å². The van der Waals surface area contributed by atoms with Gasteiger partial charge in [-0.3, -0.25) is 0 Å². The fraction of sp³-hybridized carbons (Fsp3) is 0.429. The summed E-state index contributed by atoms with van der Waals surface area (Å²) < 4.78 is 63.4. The van der Waals surface area contributed by atoms with Gasteiger partial charge in [0, 0.05) is 42.7 Å². The molecule has 1 aliphatic heterocycles. The SMILES string of the molecule is Cc1noc(C)c1-c1ccc2c(c1)nc([C@@H]1CCCN1c1ccc(F)c(F)c1)n2C1CCC(F)(F)CC1. The van der Waals surface area contributed by atoms with Gasteiger partial charge in [-0.2, -0.15) is 0 Å². The number of nitrogens with zero attached hydrogens (tertiary/aromatic N) is 4. The average Bonchev–Trinajstić information content (AvgIpc) is 3.57. The molecular weight excluding hydrogens is 484 g/mol. The molecule has 9 heteroatoms. The minimum atomic E-state index is -2.64. The molecule has 1 atom stereocenters. The Morgan fingerprint density at radius 3 is 2.46 bits per heavy atom. The van der Waals surface area contributed by atoms with Crippen molar-refractivity contribution in [1.82, 2.24) is 14.7 Å². The highest BCUT2D eigenvalue weighted by molar-refractivity contribution is 5.84. The van der Waals surface area contributed by atoms with Crippen molar-refractivity contribution in [3.8, 4) is 11.1 Å². The summed E-state index contributed by atoms with van der Waals surface area (Å²) >= 11 is 0. The van der Waals surface area contributed by atoms with Crippen LogP contribution in [0.15, 0.2) is 40.9 Å². The summed E-state index contributed by atoms with van der Waals surface area (Å²) in [5.74, 6) is -2.93. The van der Waals surface area contributed by atoms with Gasteiger partial charge in [0.05, 0.1) is 22.8 Å². The van der Waals surface area contributed by atoms with Crippen molar-refractivity contribution >= 4 is 16.7 Å². The number of hydrogen-bond donors (Lipinski definition) is 0. The summed E-state index contributed by atoms with van der Waals surface area (Å²) in [6, 6.07) is 9.64. The smallest absolute Gasteiger partial charge is 0.248 e. The van der Waals surface area contributed by atoms with Crippen molar-refractivity contribution in [3.63, 3.8) is 0 Å². The number of halogens is 4. The van der Waals surface area contributed by atoms with Gasteiger partial charge < -0.3 is 14.0 Å². The molecule has 5 nitrogen and oxygen atoms in total. The molecule has 3 heterocycles. The van der Waals surface area contributed by atoms with Crippen LogP contribution >= 0.6 is 0 Å². The fourth-order valence-electron chi connectivity index (χ4n) is 6.08. The molecule has 1 saturated heterocycles. The van der Waals surface area contributed by atoms with Gasteiger partial charge in [-0.15, -0.1) is 0 Å². The Morgan fingerprint density at radius 1 is 0.973 bits per heavy atom. The van der Waals surface area contributed by atoms with E-state index in [2.05, 4.69) is 9.72 Å². The molecule has 0 amide bonds. The molecule has 0 N–H and O–H groups in total.